The van der Waals surface area contributed by atoms with Gasteiger partial charge < -0.3 is 9.47 Å². The molecule has 4 nitrogen and oxygen atoms in total. The third kappa shape index (κ3) is 5.06. The molecule has 3 rings (SSSR count). The van der Waals surface area contributed by atoms with E-state index in [2.05, 4.69) is 54.4 Å². The summed E-state index contributed by atoms with van der Waals surface area (Å²) in [4.78, 5) is 0. The number of hydrogen-bond donors (Lipinski definition) is 0. The van der Waals surface area contributed by atoms with Crippen molar-refractivity contribution in [1.29, 1.82) is 0 Å². The number of hydrogen-bond acceptors (Lipinski definition) is 4. The maximum Gasteiger partial charge on any atom is 0.188 e. The number of methoxy groups -OCH3 is 1. The van der Waals surface area contributed by atoms with Gasteiger partial charge in [-0.15, -0.1) is 0 Å². The van der Waals surface area contributed by atoms with Gasteiger partial charge in [-0.05, 0) is 37.1 Å². The van der Waals surface area contributed by atoms with Gasteiger partial charge in [-0.3, -0.25) is 5.01 Å². The van der Waals surface area contributed by atoms with Gasteiger partial charge >= 0.3 is 0 Å². The van der Waals surface area contributed by atoms with Crippen LogP contribution in [0.4, 0.5) is 0 Å². The second-order valence-corrected chi connectivity index (χ2v) is 7.80. The minimum atomic E-state index is 0.264. The van der Waals surface area contributed by atoms with E-state index in [1.807, 2.05) is 6.21 Å². The Kier molecular flexibility index (Phi) is 7.04. The molecule has 1 saturated heterocycles. The molecule has 1 fully saturated rings. The summed E-state index contributed by atoms with van der Waals surface area (Å²) in [6.07, 6.45) is 5.81. The number of piperidine rings is 1. The fraction of sp³-hybridized carbons (Fsp3) is 0.381. The summed E-state index contributed by atoms with van der Waals surface area (Å²) in [6.45, 7) is 4.46. The van der Waals surface area contributed by atoms with E-state index in [0.717, 1.165) is 24.4 Å². The molecule has 1 aliphatic rings. The molecular weight excluding hydrogens is 343 g/mol. The smallest absolute Gasteiger partial charge is 0.188 e. The third-order valence-corrected chi connectivity index (χ3v) is 5.84. The van der Waals surface area contributed by atoms with Crippen molar-refractivity contribution in [3.05, 3.63) is 53.6 Å². The zero-order valence-corrected chi connectivity index (χ0v) is 16.6. The summed E-state index contributed by atoms with van der Waals surface area (Å²) in [5.41, 5.74) is 2.31. The molecule has 0 amide bonds. The second kappa shape index (κ2) is 9.70. The van der Waals surface area contributed by atoms with Crippen molar-refractivity contribution in [3.8, 4) is 5.75 Å². The van der Waals surface area contributed by atoms with Crippen molar-refractivity contribution in [1.82, 2.24) is 5.01 Å². The van der Waals surface area contributed by atoms with Crippen molar-refractivity contribution < 1.29 is 9.47 Å². The number of rotatable bonds is 7. The third-order valence-electron chi connectivity index (χ3n) is 4.46. The Morgan fingerprint density at radius 1 is 1.04 bits per heavy atom. The van der Waals surface area contributed by atoms with Gasteiger partial charge in [0.2, 0.25) is 0 Å². The van der Waals surface area contributed by atoms with E-state index in [0.29, 0.717) is 8.58 Å². The van der Waals surface area contributed by atoms with Crippen LogP contribution in [-0.2, 0) is 4.74 Å². The molecule has 2 aromatic rings. The summed E-state index contributed by atoms with van der Waals surface area (Å²) in [5, 5.41) is 9.36. The van der Waals surface area contributed by atoms with Crippen LogP contribution in [0, 0.1) is 6.92 Å². The summed E-state index contributed by atoms with van der Waals surface area (Å²) in [6, 6.07) is 14.8. The lowest BCUT2D eigenvalue weighted by atomic mass is 10.2. The Labute approximate surface area is 158 Å². The van der Waals surface area contributed by atoms with Crippen LogP contribution in [-0.4, -0.2) is 38.2 Å². The Morgan fingerprint density at radius 2 is 1.81 bits per heavy atom. The number of ether oxygens (including phenoxy) is 2. The number of benzene rings is 2. The largest absolute Gasteiger partial charge is 0.467 e. The number of aryl methyl sites for hydroxylation is 1. The molecule has 26 heavy (non-hydrogen) atoms. The fourth-order valence-electron chi connectivity index (χ4n) is 3.07. The van der Waals surface area contributed by atoms with E-state index in [-0.39, 0.29) is 6.79 Å². The molecule has 0 radical (unpaired) electrons. The zero-order valence-electron chi connectivity index (χ0n) is 15.6. The van der Waals surface area contributed by atoms with Crippen LogP contribution < -0.4 is 15.3 Å². The fourth-order valence-corrected chi connectivity index (χ4v) is 4.39. The Balaban J connectivity index is 1.80. The monoisotopic (exact) mass is 370 g/mol. The number of nitrogens with zero attached hydrogens (tertiary/aromatic N) is 2. The zero-order chi connectivity index (χ0) is 18.2. The average Bonchev–Trinajstić information content (AvgIpc) is 2.68. The van der Waals surface area contributed by atoms with Crippen LogP contribution in [0.25, 0.3) is 0 Å². The van der Waals surface area contributed by atoms with Crippen molar-refractivity contribution >= 4 is 25.4 Å². The van der Waals surface area contributed by atoms with Gasteiger partial charge in [-0.25, -0.2) is 0 Å². The van der Waals surface area contributed by atoms with Crippen LogP contribution in [0.15, 0.2) is 47.6 Å². The lowest BCUT2D eigenvalue weighted by molar-refractivity contribution is 0.0514. The van der Waals surface area contributed by atoms with Crippen LogP contribution in [0.2, 0.25) is 0 Å². The summed E-state index contributed by atoms with van der Waals surface area (Å²) < 4.78 is 10.9. The molecule has 0 spiro atoms. The first-order chi connectivity index (χ1) is 12.8. The minimum absolute atomic E-state index is 0.264. The van der Waals surface area contributed by atoms with E-state index in [1.54, 1.807) is 7.11 Å². The molecule has 138 valence electrons. The highest BCUT2D eigenvalue weighted by Gasteiger charge is 2.11. The molecule has 1 heterocycles. The minimum Gasteiger partial charge on any atom is -0.467 e. The molecule has 1 unspecified atom stereocenters. The maximum atomic E-state index is 5.83. The average molecular weight is 370 g/mol. The Bertz CT molecular complexity index is 743. The van der Waals surface area contributed by atoms with Gasteiger partial charge in [0, 0.05) is 31.1 Å². The SMILES string of the molecule is COCOc1c(C)cccc1Pc1ccccc1C=NN1CCCCC1. The Morgan fingerprint density at radius 3 is 2.62 bits per heavy atom. The van der Waals surface area contributed by atoms with Gasteiger partial charge in [0.1, 0.15) is 5.75 Å². The van der Waals surface area contributed by atoms with Crippen molar-refractivity contribution in [2.45, 2.75) is 26.2 Å². The summed E-state index contributed by atoms with van der Waals surface area (Å²) in [7, 11) is 2.16. The highest BCUT2D eigenvalue weighted by atomic mass is 31.1. The number of hydrazone groups is 1. The quantitative estimate of drug-likeness (QED) is 0.425. The van der Waals surface area contributed by atoms with Gasteiger partial charge in [-0.2, -0.15) is 5.10 Å². The first-order valence-electron chi connectivity index (χ1n) is 9.14. The molecule has 0 bridgehead atoms. The lowest BCUT2D eigenvalue weighted by Gasteiger charge is -2.23. The molecule has 1 aliphatic heterocycles. The lowest BCUT2D eigenvalue weighted by Crippen LogP contribution is -2.25. The molecule has 0 N–H and O–H groups in total. The van der Waals surface area contributed by atoms with E-state index in [1.165, 1.54) is 35.4 Å². The van der Waals surface area contributed by atoms with E-state index in [4.69, 9.17) is 14.6 Å². The van der Waals surface area contributed by atoms with Crippen LogP contribution in [0.1, 0.15) is 30.4 Å². The number of para-hydroxylation sites is 1. The highest BCUT2D eigenvalue weighted by Crippen LogP contribution is 2.24. The normalized spacial score (nSPS) is 15.2. The predicted octanol–water partition coefficient (Wildman–Crippen LogP) is 3.43. The van der Waals surface area contributed by atoms with Crippen LogP contribution >= 0.6 is 8.58 Å². The molecule has 0 aromatic heterocycles. The summed E-state index contributed by atoms with van der Waals surface area (Å²) in [5.74, 6) is 0.926. The predicted molar refractivity (Wildman–Crippen MR) is 111 cm³/mol. The van der Waals surface area contributed by atoms with Crippen LogP contribution in [0.3, 0.4) is 0 Å². The van der Waals surface area contributed by atoms with Crippen molar-refractivity contribution in [3.63, 3.8) is 0 Å². The second-order valence-electron chi connectivity index (χ2n) is 6.47. The van der Waals surface area contributed by atoms with Gasteiger partial charge in [0.05, 0.1) is 6.21 Å². The Hall–Kier alpha value is -1.90. The van der Waals surface area contributed by atoms with Gasteiger partial charge in [0.15, 0.2) is 6.79 Å². The van der Waals surface area contributed by atoms with E-state index < -0.39 is 0 Å². The van der Waals surface area contributed by atoms with E-state index in [9.17, 15) is 0 Å². The molecule has 0 aliphatic carbocycles. The standard InChI is InChI=1S/C21H27N2O2P/c1-17-9-8-12-20(21(17)25-16-24-2)26-19-11-5-4-10-18(19)15-22-23-13-6-3-7-14-23/h4-5,8-12,15,26H,3,6-7,13-14,16H2,1-2H3. The first kappa shape index (κ1) is 18.9. The topological polar surface area (TPSA) is 34.1 Å². The maximum absolute atomic E-state index is 5.83. The summed E-state index contributed by atoms with van der Waals surface area (Å²) >= 11 is 0. The molecule has 5 heteroatoms. The first-order valence-corrected chi connectivity index (χ1v) is 10.1. The van der Waals surface area contributed by atoms with Crippen LogP contribution in [0.5, 0.6) is 5.75 Å². The highest BCUT2D eigenvalue weighted by molar-refractivity contribution is 7.56. The van der Waals surface area contributed by atoms with Crippen molar-refractivity contribution in [2.24, 2.45) is 5.10 Å². The van der Waals surface area contributed by atoms with Gasteiger partial charge in [0.25, 0.3) is 0 Å². The molecular formula is C21H27N2O2P. The van der Waals surface area contributed by atoms with E-state index >= 15 is 0 Å². The molecule has 1 atom stereocenters. The molecule has 0 saturated carbocycles. The van der Waals surface area contributed by atoms with Crippen molar-refractivity contribution in [2.75, 3.05) is 27.0 Å². The molecule has 2 aromatic carbocycles. The van der Waals surface area contributed by atoms with Gasteiger partial charge in [-0.1, -0.05) is 51.0 Å².